The summed E-state index contributed by atoms with van der Waals surface area (Å²) in [5, 5.41) is 10.2. The normalized spacial score (nSPS) is 14.6. The van der Waals surface area contributed by atoms with E-state index >= 15 is 0 Å². The van der Waals surface area contributed by atoms with Gasteiger partial charge in [-0.15, -0.1) is 0 Å². The van der Waals surface area contributed by atoms with Crippen LogP contribution in [0, 0.1) is 5.92 Å². The average Bonchev–Trinajstić information content (AvgIpc) is 1.89. The molecule has 0 heterocycles. The maximum Gasteiger partial charge on any atom is 0.0847 e. The first-order chi connectivity index (χ1) is 4.31. The third-order valence-electron chi connectivity index (χ3n) is 1.35. The summed E-state index contributed by atoms with van der Waals surface area (Å²) in [6.45, 7) is 4.07. The monoisotopic (exact) mass is 127 g/mol. The lowest BCUT2D eigenvalue weighted by Crippen LogP contribution is -1.97. The second kappa shape index (κ2) is 5.83. The molecular formula is C8H15O. The minimum Gasteiger partial charge on any atom is -0.236 e. The average molecular weight is 127 g/mol. The van der Waals surface area contributed by atoms with Gasteiger partial charge < -0.3 is 0 Å². The molecule has 1 radical (unpaired) electrons. The van der Waals surface area contributed by atoms with Crippen molar-refractivity contribution >= 4 is 0 Å². The molecule has 1 nitrogen and oxygen atoms in total. The number of rotatable bonds is 4. The second-order valence-corrected chi connectivity index (χ2v) is 2.42. The van der Waals surface area contributed by atoms with Crippen molar-refractivity contribution in [2.24, 2.45) is 5.92 Å². The molecule has 0 saturated carbocycles. The van der Waals surface area contributed by atoms with Gasteiger partial charge in [0.25, 0.3) is 0 Å². The van der Waals surface area contributed by atoms with Crippen LogP contribution in [-0.4, -0.2) is 6.61 Å². The van der Waals surface area contributed by atoms with Crippen molar-refractivity contribution in [3.63, 3.8) is 0 Å². The molecule has 53 valence electrons. The van der Waals surface area contributed by atoms with E-state index in [9.17, 15) is 5.11 Å². The van der Waals surface area contributed by atoms with Crippen molar-refractivity contribution in [1.82, 2.24) is 0 Å². The summed E-state index contributed by atoms with van der Waals surface area (Å²) in [6, 6.07) is 0. The van der Waals surface area contributed by atoms with Crippen LogP contribution in [-0.2, 0) is 5.11 Å². The Kier molecular flexibility index (Phi) is 5.64. The minimum atomic E-state index is 0.0670. The smallest absolute Gasteiger partial charge is 0.0847 e. The Hall–Kier alpha value is -0.300. The number of hydrogen-bond acceptors (Lipinski definition) is 0. The van der Waals surface area contributed by atoms with E-state index in [2.05, 4.69) is 6.08 Å². The van der Waals surface area contributed by atoms with Gasteiger partial charge in [-0.3, -0.25) is 0 Å². The fourth-order valence-corrected chi connectivity index (χ4v) is 0.631. The van der Waals surface area contributed by atoms with Crippen molar-refractivity contribution in [3.8, 4) is 0 Å². The van der Waals surface area contributed by atoms with Gasteiger partial charge in [-0.25, -0.2) is 5.11 Å². The zero-order valence-corrected chi connectivity index (χ0v) is 6.26. The fraction of sp³-hybridized carbons (Fsp3) is 0.750. The molecule has 0 aromatic rings. The molecule has 0 aliphatic carbocycles. The number of allylic oxidation sites excluding steroid dienone is 2. The van der Waals surface area contributed by atoms with Crippen LogP contribution in [0.15, 0.2) is 12.2 Å². The van der Waals surface area contributed by atoms with Crippen LogP contribution >= 0.6 is 0 Å². The van der Waals surface area contributed by atoms with Gasteiger partial charge >= 0.3 is 0 Å². The van der Waals surface area contributed by atoms with E-state index in [1.807, 2.05) is 19.9 Å². The van der Waals surface area contributed by atoms with Gasteiger partial charge in [0.2, 0.25) is 0 Å². The van der Waals surface area contributed by atoms with Crippen LogP contribution in [0.4, 0.5) is 0 Å². The molecule has 0 aromatic carbocycles. The third kappa shape index (κ3) is 5.57. The molecule has 0 spiro atoms. The molecule has 0 rings (SSSR count). The van der Waals surface area contributed by atoms with E-state index in [-0.39, 0.29) is 6.61 Å². The molecule has 0 N–H and O–H groups in total. The third-order valence-corrected chi connectivity index (χ3v) is 1.35. The molecule has 0 aliphatic heterocycles. The Morgan fingerprint density at radius 1 is 1.56 bits per heavy atom. The Bertz CT molecular complexity index is 76.6. The first kappa shape index (κ1) is 8.70. The van der Waals surface area contributed by atoms with Crippen LogP contribution in [0.25, 0.3) is 0 Å². The van der Waals surface area contributed by atoms with E-state index < -0.39 is 0 Å². The first-order valence-corrected chi connectivity index (χ1v) is 3.50. The van der Waals surface area contributed by atoms with Gasteiger partial charge in [0.1, 0.15) is 0 Å². The van der Waals surface area contributed by atoms with Crippen LogP contribution in [0.3, 0.4) is 0 Å². The molecule has 9 heavy (non-hydrogen) atoms. The van der Waals surface area contributed by atoms with Crippen molar-refractivity contribution in [1.29, 1.82) is 0 Å². The lowest BCUT2D eigenvalue weighted by molar-refractivity contribution is 0.147. The summed E-state index contributed by atoms with van der Waals surface area (Å²) in [5.41, 5.74) is 0. The van der Waals surface area contributed by atoms with Crippen LogP contribution in [0.5, 0.6) is 0 Å². The van der Waals surface area contributed by atoms with Gasteiger partial charge in [0.05, 0.1) is 6.61 Å². The molecule has 0 amide bonds. The predicted molar refractivity (Wildman–Crippen MR) is 38.8 cm³/mol. The zero-order chi connectivity index (χ0) is 7.11. The highest BCUT2D eigenvalue weighted by Crippen LogP contribution is 2.04. The molecule has 0 bridgehead atoms. The maximum absolute atomic E-state index is 10.2. The second-order valence-electron chi connectivity index (χ2n) is 2.42. The van der Waals surface area contributed by atoms with Crippen molar-refractivity contribution in [2.45, 2.75) is 26.7 Å². The summed E-state index contributed by atoms with van der Waals surface area (Å²) in [6.07, 6.45) is 6.22. The molecule has 0 aliphatic rings. The predicted octanol–water partition coefficient (Wildman–Crippen LogP) is 2.41. The summed E-state index contributed by atoms with van der Waals surface area (Å²) < 4.78 is 0. The Balaban J connectivity index is 3.06. The summed E-state index contributed by atoms with van der Waals surface area (Å²) in [7, 11) is 0. The molecule has 0 saturated heterocycles. The van der Waals surface area contributed by atoms with Gasteiger partial charge in [-0.1, -0.05) is 19.1 Å². The first-order valence-electron chi connectivity index (χ1n) is 3.50. The van der Waals surface area contributed by atoms with Crippen LogP contribution < -0.4 is 0 Å². The van der Waals surface area contributed by atoms with Crippen molar-refractivity contribution in [2.75, 3.05) is 6.61 Å². The largest absolute Gasteiger partial charge is 0.236 e. The highest BCUT2D eigenvalue weighted by Gasteiger charge is 1.96. The standard InChI is InChI=1S/C8H15O/c1-3-4-5-6-8(2)7-9/h3-4,8H,5-7H2,1-2H3/b4-3+. The quantitative estimate of drug-likeness (QED) is 0.517. The molecule has 1 atom stereocenters. The molecule has 0 fully saturated rings. The highest BCUT2D eigenvalue weighted by molar-refractivity contribution is 4.76. The van der Waals surface area contributed by atoms with Gasteiger partial charge in [0.15, 0.2) is 0 Å². The van der Waals surface area contributed by atoms with Crippen LogP contribution in [0.1, 0.15) is 26.7 Å². The lowest BCUT2D eigenvalue weighted by atomic mass is 10.1. The molecule has 1 unspecified atom stereocenters. The van der Waals surface area contributed by atoms with E-state index in [1.165, 1.54) is 0 Å². The lowest BCUT2D eigenvalue weighted by Gasteiger charge is -2.01. The zero-order valence-electron chi connectivity index (χ0n) is 6.26. The Morgan fingerprint density at radius 3 is 2.67 bits per heavy atom. The van der Waals surface area contributed by atoms with E-state index in [1.54, 1.807) is 0 Å². The fourth-order valence-electron chi connectivity index (χ4n) is 0.631. The minimum absolute atomic E-state index is 0.0670. The number of hydrogen-bond donors (Lipinski definition) is 0. The topological polar surface area (TPSA) is 19.9 Å². The van der Waals surface area contributed by atoms with Gasteiger partial charge in [0, 0.05) is 0 Å². The SMILES string of the molecule is C/C=C/CCC(C)C[O]. The summed E-state index contributed by atoms with van der Waals surface area (Å²) in [5.74, 6) is 0.348. The van der Waals surface area contributed by atoms with Crippen molar-refractivity contribution < 1.29 is 5.11 Å². The van der Waals surface area contributed by atoms with Crippen molar-refractivity contribution in [3.05, 3.63) is 12.2 Å². The van der Waals surface area contributed by atoms with E-state index in [4.69, 9.17) is 0 Å². The maximum atomic E-state index is 10.2. The molecule has 0 aromatic heterocycles. The van der Waals surface area contributed by atoms with E-state index in [0.717, 1.165) is 12.8 Å². The molecule has 1 heteroatoms. The molecular weight excluding hydrogens is 112 g/mol. The summed E-state index contributed by atoms with van der Waals surface area (Å²) >= 11 is 0. The Labute approximate surface area is 57.4 Å². The van der Waals surface area contributed by atoms with E-state index in [0.29, 0.717) is 5.92 Å². The van der Waals surface area contributed by atoms with Gasteiger partial charge in [-0.2, -0.15) is 0 Å². The van der Waals surface area contributed by atoms with Crippen LogP contribution in [0.2, 0.25) is 0 Å². The Morgan fingerprint density at radius 2 is 2.22 bits per heavy atom. The highest BCUT2D eigenvalue weighted by atomic mass is 16.3. The van der Waals surface area contributed by atoms with Gasteiger partial charge in [-0.05, 0) is 25.7 Å². The summed E-state index contributed by atoms with van der Waals surface area (Å²) in [4.78, 5) is 0.